The highest BCUT2D eigenvalue weighted by atomic mass is 32.3. The zero-order valence-corrected chi connectivity index (χ0v) is 20.1. The fraction of sp³-hybridized carbons (Fsp3) is 0.923. The predicted molar refractivity (Wildman–Crippen MR) is 97.9 cm³/mol. The van der Waals surface area contributed by atoms with Crippen molar-refractivity contribution in [1.29, 1.82) is 0 Å². The fourth-order valence-electron chi connectivity index (χ4n) is 3.43. The smallest absolute Gasteiger partial charge is 0.218 e. The molecule has 20 nitrogen and oxygen atoms in total. The van der Waals surface area contributed by atoms with Gasteiger partial charge in [0.25, 0.3) is 0 Å². The van der Waals surface area contributed by atoms with Crippen molar-refractivity contribution in [1.82, 2.24) is 4.72 Å². The second-order valence-corrected chi connectivity index (χ2v) is 10.4. The summed E-state index contributed by atoms with van der Waals surface area (Å²) in [7, 11) is -15.3. The molecular weight excluding hydrogens is 570 g/mol. The van der Waals surface area contributed by atoms with Crippen LogP contribution in [-0.2, 0) is 63.2 Å². The molecule has 4 unspecified atom stereocenters. The fourth-order valence-corrected chi connectivity index (χ4v) is 4.79. The summed E-state index contributed by atoms with van der Waals surface area (Å²) in [5.41, 5.74) is 0. The lowest BCUT2D eigenvalue weighted by Crippen LogP contribution is -2.68. The average molecular weight is 589 g/mol. The number of carbonyl (C=O) groups excluding carboxylic acids is 1. The molecule has 0 radical (unpaired) electrons. The molecule has 2 heterocycles. The van der Waals surface area contributed by atoms with Gasteiger partial charge in [-0.2, -0.15) is 0 Å². The summed E-state index contributed by atoms with van der Waals surface area (Å²) in [5.74, 6) is -2.06. The first-order valence-electron chi connectivity index (χ1n) is 9.32. The van der Waals surface area contributed by atoms with E-state index in [9.17, 15) is 59.0 Å². The molecule has 0 aromatic heterocycles. The Hall–Kier alpha value is -1.16. The van der Waals surface area contributed by atoms with Crippen LogP contribution in [0.4, 0.5) is 0 Å². The van der Waals surface area contributed by atoms with Crippen molar-refractivity contribution in [2.75, 3.05) is 20.3 Å². The molecule has 0 amide bonds. The van der Waals surface area contributed by atoms with Crippen molar-refractivity contribution in [3.05, 3.63) is 0 Å². The number of carbonyl (C=O) groups is 1. The van der Waals surface area contributed by atoms with Crippen molar-refractivity contribution in [3.63, 3.8) is 0 Å². The topological polar surface area (TPSA) is 320 Å². The largest absolute Gasteiger partial charge is 0.735 e. The van der Waals surface area contributed by atoms with E-state index in [4.69, 9.17) is 18.9 Å². The molecule has 0 aromatic rings. The van der Waals surface area contributed by atoms with Gasteiger partial charge in [-0.3, -0.25) is 8.37 Å². The number of carboxylic acids is 1. The van der Waals surface area contributed by atoms with E-state index in [-0.39, 0.29) is 0 Å². The first kappa shape index (κ1) is 31.1. The van der Waals surface area contributed by atoms with Crippen LogP contribution < -0.4 is 9.83 Å². The van der Waals surface area contributed by atoms with Gasteiger partial charge in [0.2, 0.25) is 20.8 Å². The van der Waals surface area contributed by atoms with Gasteiger partial charge in [-0.05, 0) is 0 Å². The van der Waals surface area contributed by atoms with Crippen molar-refractivity contribution >= 4 is 37.1 Å². The third-order valence-electron chi connectivity index (χ3n) is 4.82. The van der Waals surface area contributed by atoms with Gasteiger partial charge in [0.15, 0.2) is 16.6 Å². The van der Waals surface area contributed by atoms with Gasteiger partial charge >= 0.3 is 0 Å². The minimum Gasteiger partial charge on any atom is -0.735 e. The average Bonchev–Trinajstić information content (AvgIpc) is 2.69. The second kappa shape index (κ2) is 11.7. The lowest BCUT2D eigenvalue weighted by molar-refractivity contribution is -0.344. The number of aliphatic hydroxyl groups excluding tert-OH is 2. The van der Waals surface area contributed by atoms with E-state index < -0.39 is 105 Å². The summed E-state index contributed by atoms with van der Waals surface area (Å²) in [6.45, 7) is -2.14. The van der Waals surface area contributed by atoms with Crippen LogP contribution in [0.25, 0.3) is 0 Å². The molecule has 2 aliphatic rings. The van der Waals surface area contributed by atoms with E-state index in [1.54, 1.807) is 0 Å². The van der Waals surface area contributed by atoms with E-state index in [1.165, 1.54) is 4.72 Å². The molecule has 36 heavy (non-hydrogen) atoms. The van der Waals surface area contributed by atoms with Gasteiger partial charge in [0.05, 0.1) is 19.2 Å². The molecule has 0 saturated carbocycles. The van der Waals surface area contributed by atoms with Gasteiger partial charge in [0, 0.05) is 7.11 Å². The minimum atomic E-state index is -5.47. The summed E-state index contributed by atoms with van der Waals surface area (Å²) in [6, 6.07) is -2.14. The molecule has 0 aliphatic carbocycles. The van der Waals surface area contributed by atoms with Crippen LogP contribution in [0, 0.1) is 0 Å². The normalized spacial score (nSPS) is 36.4. The Balaban J connectivity index is 2.42. The summed E-state index contributed by atoms with van der Waals surface area (Å²) < 4.78 is 128. The first-order chi connectivity index (χ1) is 16.3. The third-order valence-corrected chi connectivity index (χ3v) is 6.29. The minimum absolute atomic E-state index is 0.927. The van der Waals surface area contributed by atoms with Crippen molar-refractivity contribution in [3.8, 4) is 0 Å². The van der Waals surface area contributed by atoms with Crippen LogP contribution in [0.3, 0.4) is 0 Å². The highest BCUT2D eigenvalue weighted by molar-refractivity contribution is 7.83. The molecule has 0 aromatic carbocycles. The van der Waals surface area contributed by atoms with Gasteiger partial charge < -0.3 is 52.7 Å². The Bertz CT molecular complexity index is 1090. The third kappa shape index (κ3) is 8.71. The molecule has 3 N–H and O–H groups in total. The number of aliphatic carboxylic acids is 1. The number of carboxylic acid groups (broad SMARTS) is 1. The highest BCUT2D eigenvalue weighted by Gasteiger charge is 2.51. The number of hydrogen-bond acceptors (Lipinski definition) is 19. The number of nitrogens with one attached hydrogen (secondary N) is 1. The Morgan fingerprint density at radius 3 is 2.11 bits per heavy atom. The number of hydrogen-bond donors (Lipinski definition) is 3. The molecule has 9 atom stereocenters. The molecule has 212 valence electrons. The van der Waals surface area contributed by atoms with Crippen molar-refractivity contribution in [2.24, 2.45) is 0 Å². The summed E-state index contributed by atoms with van der Waals surface area (Å²) >= 11 is 0. The van der Waals surface area contributed by atoms with E-state index in [0.717, 1.165) is 7.11 Å². The van der Waals surface area contributed by atoms with Gasteiger partial charge in [-0.15, -0.1) is 0 Å². The number of ether oxygens (including phenoxy) is 4. The molecular formula is C13H19NO19S3-4. The lowest BCUT2D eigenvalue weighted by Gasteiger charge is -2.47. The summed E-state index contributed by atoms with van der Waals surface area (Å²) in [6.07, 6.45) is -16.7. The van der Waals surface area contributed by atoms with Crippen LogP contribution in [0.2, 0.25) is 0 Å². The maximum Gasteiger partial charge on any atom is 0.218 e. The molecule has 0 spiro atoms. The molecule has 2 saturated heterocycles. The predicted octanol–water partition coefficient (Wildman–Crippen LogP) is -7.28. The van der Waals surface area contributed by atoms with E-state index in [2.05, 4.69) is 8.37 Å². The molecule has 2 fully saturated rings. The van der Waals surface area contributed by atoms with E-state index >= 15 is 0 Å². The highest BCUT2D eigenvalue weighted by Crippen LogP contribution is 2.30. The van der Waals surface area contributed by atoms with Gasteiger partial charge in [-0.25, -0.2) is 30.0 Å². The molecule has 0 bridgehead atoms. The van der Waals surface area contributed by atoms with Crippen LogP contribution in [0.15, 0.2) is 0 Å². The van der Waals surface area contributed by atoms with E-state index in [1.807, 2.05) is 0 Å². The number of aliphatic hydroxyl groups is 2. The number of methoxy groups -OCH3 is 1. The van der Waals surface area contributed by atoms with Crippen LogP contribution in [0.1, 0.15) is 0 Å². The van der Waals surface area contributed by atoms with Crippen LogP contribution in [0.5, 0.6) is 0 Å². The van der Waals surface area contributed by atoms with Crippen LogP contribution in [-0.4, -0.2) is 130 Å². The van der Waals surface area contributed by atoms with Gasteiger partial charge in [-0.1, -0.05) is 0 Å². The summed E-state index contributed by atoms with van der Waals surface area (Å²) in [5, 5.41) is 32.4. The monoisotopic (exact) mass is 589 g/mol. The van der Waals surface area contributed by atoms with E-state index in [0.29, 0.717) is 0 Å². The van der Waals surface area contributed by atoms with Crippen molar-refractivity contribution in [2.45, 2.75) is 55.1 Å². The SMILES string of the molecule is CO[C@H]1C(COS(=O)(=O)[O-])O[C@@H](O[C@H]2C(C(=O)[O-])OCC(OS(=O)(=O)[O-])[C@H]2O)C(NS(=O)(=O)[O-])[C@H]1O. The first-order valence-corrected chi connectivity index (χ1v) is 13.4. The molecule has 2 rings (SSSR count). The number of rotatable bonds is 11. The Kier molecular flexibility index (Phi) is 10.1. The molecule has 23 heteroatoms. The zero-order valence-electron chi connectivity index (χ0n) is 17.7. The standard InChI is InChI=1S/C13H23NO19S3/c1-28-9-5(3-30-35(22,23)24)31-13(6(8(9)16)14-34(19,20)21)32-10-7(15)4(33-36(25,26)27)2-29-11(10)12(17)18/h4-11,13-16H,2-3H2,1H3,(H,17,18)(H,19,20,21)(H,22,23,24)(H,25,26,27)/p-4/t4?,5?,6?,7-,8-,9+,10-,11?,13+/m1/s1. The Labute approximate surface area is 203 Å². The Morgan fingerprint density at radius 1 is 1.03 bits per heavy atom. The zero-order chi connectivity index (χ0) is 27.6. The molecule has 2 aliphatic heterocycles. The summed E-state index contributed by atoms with van der Waals surface area (Å²) in [4.78, 5) is 11.5. The lowest BCUT2D eigenvalue weighted by atomic mass is 9.96. The maximum absolute atomic E-state index is 11.5. The van der Waals surface area contributed by atoms with Crippen molar-refractivity contribution < 1.29 is 86.3 Å². The quantitative estimate of drug-likeness (QED) is 0.149. The second-order valence-electron chi connectivity index (χ2n) is 7.23. The maximum atomic E-state index is 11.5. The Morgan fingerprint density at radius 2 is 1.64 bits per heavy atom. The van der Waals surface area contributed by atoms with Gasteiger partial charge in [0.1, 0.15) is 48.8 Å². The van der Waals surface area contributed by atoms with Crippen LogP contribution >= 0.6 is 0 Å².